The van der Waals surface area contributed by atoms with E-state index in [4.69, 9.17) is 5.73 Å². The van der Waals surface area contributed by atoms with Crippen LogP contribution in [-0.4, -0.2) is 47.8 Å². The second-order valence-corrected chi connectivity index (χ2v) is 4.42. The zero-order valence-corrected chi connectivity index (χ0v) is 11.7. The molecule has 1 heterocycles. The van der Waals surface area contributed by atoms with Crippen LogP contribution in [0.3, 0.4) is 0 Å². The first-order valence-corrected chi connectivity index (χ1v) is 5.98. The van der Waals surface area contributed by atoms with Crippen LogP contribution in [0.25, 0.3) is 0 Å². The maximum absolute atomic E-state index is 12.2. The Hall–Kier alpha value is -1.75. The smallest absolute Gasteiger partial charge is 0.253 e. The third-order valence-electron chi connectivity index (χ3n) is 3.17. The summed E-state index contributed by atoms with van der Waals surface area (Å²) in [6.45, 7) is 3.94. The molecule has 1 aromatic carbocycles. The number of benzene rings is 1. The lowest BCUT2D eigenvalue weighted by atomic mass is 10.1. The van der Waals surface area contributed by atoms with Crippen LogP contribution in [-0.2, 0) is 4.79 Å². The lowest BCUT2D eigenvalue weighted by Gasteiger charge is -2.34. The van der Waals surface area contributed by atoms with E-state index < -0.39 is 0 Å². The molecule has 1 saturated heterocycles. The minimum absolute atomic E-state index is 0. The van der Waals surface area contributed by atoms with Gasteiger partial charge in [-0.2, -0.15) is 0 Å². The predicted molar refractivity (Wildman–Crippen MR) is 76.3 cm³/mol. The van der Waals surface area contributed by atoms with E-state index in [1.54, 1.807) is 41.0 Å². The molecule has 2 N–H and O–H groups in total. The van der Waals surface area contributed by atoms with Crippen LogP contribution in [0, 0.1) is 0 Å². The van der Waals surface area contributed by atoms with Crippen molar-refractivity contribution in [1.82, 2.24) is 9.80 Å². The summed E-state index contributed by atoms with van der Waals surface area (Å²) < 4.78 is 0. The number of halogens is 1. The Morgan fingerprint density at radius 2 is 1.47 bits per heavy atom. The number of piperazine rings is 1. The highest BCUT2D eigenvalue weighted by Gasteiger charge is 2.22. The number of carbonyl (C=O) groups excluding carboxylic acids is 2. The fraction of sp³-hybridized carbons (Fsp3) is 0.385. The van der Waals surface area contributed by atoms with E-state index in [1.807, 2.05) is 0 Å². The van der Waals surface area contributed by atoms with Crippen LogP contribution in [0.1, 0.15) is 17.3 Å². The third-order valence-corrected chi connectivity index (χ3v) is 3.17. The lowest BCUT2D eigenvalue weighted by Crippen LogP contribution is -2.50. The number of hydrogen-bond acceptors (Lipinski definition) is 3. The van der Waals surface area contributed by atoms with Gasteiger partial charge in [-0.3, -0.25) is 9.59 Å². The Bertz CT molecular complexity index is 453. The van der Waals surface area contributed by atoms with E-state index in [0.29, 0.717) is 37.4 Å². The van der Waals surface area contributed by atoms with Crippen molar-refractivity contribution in [2.75, 3.05) is 31.9 Å². The van der Waals surface area contributed by atoms with E-state index in [-0.39, 0.29) is 24.2 Å². The van der Waals surface area contributed by atoms with Gasteiger partial charge in [0.05, 0.1) is 0 Å². The molecule has 19 heavy (non-hydrogen) atoms. The molecule has 0 atom stereocenters. The zero-order chi connectivity index (χ0) is 13.1. The first-order valence-electron chi connectivity index (χ1n) is 5.98. The molecule has 104 valence electrons. The minimum atomic E-state index is -0.00166. The standard InChI is InChI=1S/C13H17N3O2.ClH/c1-10(17)15-6-8-16(9-7-15)13(18)11-2-4-12(14)5-3-11;/h2-5H,6-9,14H2,1H3;1H. The van der Waals surface area contributed by atoms with Crippen molar-refractivity contribution in [2.24, 2.45) is 0 Å². The number of rotatable bonds is 1. The molecule has 0 bridgehead atoms. The highest BCUT2D eigenvalue weighted by atomic mass is 35.5. The molecule has 0 aromatic heterocycles. The molecule has 6 heteroatoms. The van der Waals surface area contributed by atoms with Gasteiger partial charge in [-0.1, -0.05) is 0 Å². The topological polar surface area (TPSA) is 66.6 Å². The summed E-state index contributed by atoms with van der Waals surface area (Å²) in [5, 5.41) is 0. The number of hydrogen-bond donors (Lipinski definition) is 1. The summed E-state index contributed by atoms with van der Waals surface area (Å²) >= 11 is 0. The monoisotopic (exact) mass is 283 g/mol. The molecular weight excluding hydrogens is 266 g/mol. The third kappa shape index (κ3) is 3.61. The molecule has 0 unspecified atom stereocenters. The Morgan fingerprint density at radius 1 is 1.00 bits per heavy atom. The first kappa shape index (κ1) is 15.3. The van der Waals surface area contributed by atoms with Gasteiger partial charge in [-0.05, 0) is 24.3 Å². The highest BCUT2D eigenvalue weighted by molar-refractivity contribution is 5.94. The SMILES string of the molecule is CC(=O)N1CCN(C(=O)c2ccc(N)cc2)CC1.Cl. The van der Waals surface area contributed by atoms with Gasteiger partial charge in [0.2, 0.25) is 5.91 Å². The molecule has 0 saturated carbocycles. The fourth-order valence-corrected chi connectivity index (χ4v) is 2.03. The van der Waals surface area contributed by atoms with Crippen molar-refractivity contribution in [3.63, 3.8) is 0 Å². The normalized spacial score (nSPS) is 14.8. The fourth-order valence-electron chi connectivity index (χ4n) is 2.03. The largest absolute Gasteiger partial charge is 0.399 e. The molecule has 1 aromatic rings. The summed E-state index contributed by atoms with van der Waals surface area (Å²) in [5.74, 6) is 0.0628. The van der Waals surface area contributed by atoms with Crippen LogP contribution >= 0.6 is 12.4 Å². The maximum atomic E-state index is 12.2. The molecule has 1 aliphatic rings. The van der Waals surface area contributed by atoms with Crippen LogP contribution in [0.5, 0.6) is 0 Å². The summed E-state index contributed by atoms with van der Waals surface area (Å²) in [4.78, 5) is 26.9. The quantitative estimate of drug-likeness (QED) is 0.782. The summed E-state index contributed by atoms with van der Waals surface area (Å²) in [5.41, 5.74) is 6.87. The molecule has 1 aliphatic heterocycles. The molecule has 0 aliphatic carbocycles. The molecular formula is C13H18ClN3O2. The van der Waals surface area contributed by atoms with Gasteiger partial charge in [0, 0.05) is 44.4 Å². The van der Waals surface area contributed by atoms with Gasteiger partial charge >= 0.3 is 0 Å². The average molecular weight is 284 g/mol. The highest BCUT2D eigenvalue weighted by Crippen LogP contribution is 2.11. The van der Waals surface area contributed by atoms with Crippen LogP contribution in [0.4, 0.5) is 5.69 Å². The number of anilines is 1. The molecule has 5 nitrogen and oxygen atoms in total. The molecule has 0 spiro atoms. The Morgan fingerprint density at radius 3 is 1.95 bits per heavy atom. The van der Waals surface area contributed by atoms with E-state index in [9.17, 15) is 9.59 Å². The Labute approximate surface area is 118 Å². The number of carbonyl (C=O) groups is 2. The Balaban J connectivity index is 0.00000180. The molecule has 2 rings (SSSR count). The Kier molecular flexibility index (Phi) is 5.18. The summed E-state index contributed by atoms with van der Waals surface area (Å²) in [6, 6.07) is 6.90. The van der Waals surface area contributed by atoms with Gasteiger partial charge in [0.25, 0.3) is 5.91 Å². The van der Waals surface area contributed by atoms with Gasteiger partial charge in [-0.25, -0.2) is 0 Å². The van der Waals surface area contributed by atoms with Crippen molar-refractivity contribution in [1.29, 1.82) is 0 Å². The maximum Gasteiger partial charge on any atom is 0.253 e. The number of nitrogens with zero attached hydrogens (tertiary/aromatic N) is 2. The van der Waals surface area contributed by atoms with Gasteiger partial charge in [0.15, 0.2) is 0 Å². The average Bonchev–Trinajstić information content (AvgIpc) is 2.39. The van der Waals surface area contributed by atoms with E-state index in [2.05, 4.69) is 0 Å². The van der Waals surface area contributed by atoms with E-state index in [0.717, 1.165) is 0 Å². The second-order valence-electron chi connectivity index (χ2n) is 4.42. The number of amides is 2. The van der Waals surface area contributed by atoms with Crippen molar-refractivity contribution in [2.45, 2.75) is 6.92 Å². The van der Waals surface area contributed by atoms with Crippen molar-refractivity contribution < 1.29 is 9.59 Å². The van der Waals surface area contributed by atoms with Gasteiger partial charge in [0.1, 0.15) is 0 Å². The summed E-state index contributed by atoms with van der Waals surface area (Å²) in [7, 11) is 0. The van der Waals surface area contributed by atoms with Crippen molar-refractivity contribution in [3.8, 4) is 0 Å². The summed E-state index contributed by atoms with van der Waals surface area (Å²) in [6.07, 6.45) is 0. The molecule has 0 radical (unpaired) electrons. The molecule has 1 fully saturated rings. The lowest BCUT2D eigenvalue weighted by molar-refractivity contribution is -0.130. The van der Waals surface area contributed by atoms with Crippen molar-refractivity contribution in [3.05, 3.63) is 29.8 Å². The van der Waals surface area contributed by atoms with Gasteiger partial charge < -0.3 is 15.5 Å². The van der Waals surface area contributed by atoms with E-state index >= 15 is 0 Å². The van der Waals surface area contributed by atoms with Crippen molar-refractivity contribution >= 4 is 29.9 Å². The predicted octanol–water partition coefficient (Wildman–Crippen LogP) is 0.995. The molecule has 2 amide bonds. The van der Waals surface area contributed by atoms with Gasteiger partial charge in [-0.15, -0.1) is 12.4 Å². The number of nitrogens with two attached hydrogens (primary N) is 1. The first-order chi connectivity index (χ1) is 8.58. The van der Waals surface area contributed by atoms with Crippen LogP contribution < -0.4 is 5.73 Å². The number of nitrogen functional groups attached to an aromatic ring is 1. The van der Waals surface area contributed by atoms with Crippen LogP contribution in [0.2, 0.25) is 0 Å². The van der Waals surface area contributed by atoms with E-state index in [1.165, 1.54) is 0 Å². The van der Waals surface area contributed by atoms with Crippen LogP contribution in [0.15, 0.2) is 24.3 Å². The minimum Gasteiger partial charge on any atom is -0.399 e. The zero-order valence-electron chi connectivity index (χ0n) is 10.8. The second kappa shape index (κ2) is 6.43.